The van der Waals surface area contributed by atoms with E-state index >= 15 is 0 Å². The summed E-state index contributed by atoms with van der Waals surface area (Å²) in [7, 11) is 1.73. The Hall–Kier alpha value is -1.29. The SMILES string of the molecule is CC(C)N(C)C(=O)CNc1ccc(Cl)c(F)c1. The second-order valence-corrected chi connectivity index (χ2v) is 4.49. The Labute approximate surface area is 106 Å². The maximum absolute atomic E-state index is 13.1. The van der Waals surface area contributed by atoms with Crippen molar-refractivity contribution in [2.45, 2.75) is 19.9 Å². The normalized spacial score (nSPS) is 10.5. The fraction of sp³-hybridized carbons (Fsp3) is 0.417. The molecule has 17 heavy (non-hydrogen) atoms. The molecule has 0 saturated heterocycles. The van der Waals surface area contributed by atoms with Gasteiger partial charge in [-0.2, -0.15) is 0 Å². The smallest absolute Gasteiger partial charge is 0.241 e. The molecule has 1 amide bonds. The van der Waals surface area contributed by atoms with Gasteiger partial charge in [-0.05, 0) is 32.0 Å². The summed E-state index contributed by atoms with van der Waals surface area (Å²) in [6.45, 7) is 4.00. The third-order valence-corrected chi connectivity index (χ3v) is 2.84. The Morgan fingerprint density at radius 3 is 2.71 bits per heavy atom. The van der Waals surface area contributed by atoms with E-state index in [0.717, 1.165) is 0 Å². The first-order chi connectivity index (χ1) is 7.91. The van der Waals surface area contributed by atoms with Crippen LogP contribution in [0.25, 0.3) is 0 Å². The van der Waals surface area contributed by atoms with E-state index in [1.165, 1.54) is 12.1 Å². The summed E-state index contributed by atoms with van der Waals surface area (Å²) in [4.78, 5) is 13.3. The molecule has 0 atom stereocenters. The van der Waals surface area contributed by atoms with Crippen LogP contribution in [0.15, 0.2) is 18.2 Å². The molecule has 0 saturated carbocycles. The zero-order valence-corrected chi connectivity index (χ0v) is 10.9. The minimum absolute atomic E-state index is 0.0460. The van der Waals surface area contributed by atoms with Crippen LogP contribution >= 0.6 is 11.6 Å². The van der Waals surface area contributed by atoms with E-state index in [0.29, 0.717) is 5.69 Å². The molecule has 0 aromatic heterocycles. The summed E-state index contributed by atoms with van der Waals surface area (Å²) in [5, 5.41) is 2.93. The van der Waals surface area contributed by atoms with Crippen LogP contribution in [-0.4, -0.2) is 30.4 Å². The summed E-state index contributed by atoms with van der Waals surface area (Å²) >= 11 is 5.56. The maximum atomic E-state index is 13.1. The predicted octanol–water partition coefficient (Wildman–Crippen LogP) is 2.76. The van der Waals surface area contributed by atoms with Gasteiger partial charge in [0.25, 0.3) is 0 Å². The maximum Gasteiger partial charge on any atom is 0.241 e. The molecule has 1 rings (SSSR count). The van der Waals surface area contributed by atoms with Gasteiger partial charge in [-0.15, -0.1) is 0 Å². The van der Waals surface area contributed by atoms with Gasteiger partial charge < -0.3 is 10.2 Å². The average molecular weight is 259 g/mol. The van der Waals surface area contributed by atoms with Gasteiger partial charge in [0, 0.05) is 18.8 Å². The van der Waals surface area contributed by atoms with E-state index in [1.54, 1.807) is 18.0 Å². The number of hydrogen-bond acceptors (Lipinski definition) is 2. The van der Waals surface area contributed by atoms with Gasteiger partial charge in [-0.3, -0.25) is 4.79 Å². The third-order valence-electron chi connectivity index (χ3n) is 2.53. The predicted molar refractivity (Wildman–Crippen MR) is 67.8 cm³/mol. The van der Waals surface area contributed by atoms with Gasteiger partial charge in [0.15, 0.2) is 0 Å². The van der Waals surface area contributed by atoms with E-state index in [9.17, 15) is 9.18 Å². The van der Waals surface area contributed by atoms with Gasteiger partial charge in [-0.25, -0.2) is 4.39 Å². The van der Waals surface area contributed by atoms with Crippen molar-refractivity contribution in [3.05, 3.63) is 29.0 Å². The van der Waals surface area contributed by atoms with Crippen LogP contribution in [0.2, 0.25) is 5.02 Å². The van der Waals surface area contributed by atoms with Gasteiger partial charge in [0.2, 0.25) is 5.91 Å². The first kappa shape index (κ1) is 13.8. The second kappa shape index (κ2) is 5.87. The molecular formula is C12H16ClFN2O. The summed E-state index contributed by atoms with van der Waals surface area (Å²) in [5.74, 6) is -0.545. The lowest BCUT2D eigenvalue weighted by Gasteiger charge is -2.21. The molecule has 0 heterocycles. The lowest BCUT2D eigenvalue weighted by atomic mass is 10.3. The largest absolute Gasteiger partial charge is 0.376 e. The summed E-state index contributed by atoms with van der Waals surface area (Å²) in [6.07, 6.45) is 0. The van der Waals surface area contributed by atoms with Gasteiger partial charge >= 0.3 is 0 Å². The minimum Gasteiger partial charge on any atom is -0.376 e. The molecule has 0 radical (unpaired) electrons. The zero-order valence-electron chi connectivity index (χ0n) is 10.1. The molecule has 0 bridgehead atoms. The first-order valence-corrected chi connectivity index (χ1v) is 5.74. The van der Waals surface area contributed by atoms with Crippen molar-refractivity contribution in [2.24, 2.45) is 0 Å². The molecular weight excluding hydrogens is 243 g/mol. The molecule has 0 unspecified atom stereocenters. The van der Waals surface area contributed by atoms with Crippen molar-refractivity contribution >= 4 is 23.2 Å². The average Bonchev–Trinajstić information content (AvgIpc) is 2.29. The molecule has 94 valence electrons. The Balaban J connectivity index is 2.56. The van der Waals surface area contributed by atoms with Crippen LogP contribution in [-0.2, 0) is 4.79 Å². The molecule has 3 nitrogen and oxygen atoms in total. The highest BCUT2D eigenvalue weighted by atomic mass is 35.5. The molecule has 1 aromatic carbocycles. The highest BCUT2D eigenvalue weighted by molar-refractivity contribution is 6.30. The number of likely N-dealkylation sites (N-methyl/N-ethyl adjacent to an activating group) is 1. The molecule has 5 heteroatoms. The fourth-order valence-electron chi connectivity index (χ4n) is 1.20. The number of amides is 1. The number of carbonyl (C=O) groups excluding carboxylic acids is 1. The fourth-order valence-corrected chi connectivity index (χ4v) is 1.31. The van der Waals surface area contributed by atoms with Gasteiger partial charge in [-0.1, -0.05) is 11.6 Å². The monoisotopic (exact) mass is 258 g/mol. The van der Waals surface area contributed by atoms with Crippen LogP contribution in [0.5, 0.6) is 0 Å². The van der Waals surface area contributed by atoms with Crippen LogP contribution in [0, 0.1) is 5.82 Å². The number of halogens is 2. The number of rotatable bonds is 4. The number of anilines is 1. The van der Waals surface area contributed by atoms with Crippen LogP contribution in [0.4, 0.5) is 10.1 Å². The van der Waals surface area contributed by atoms with Gasteiger partial charge in [0.05, 0.1) is 11.6 Å². The highest BCUT2D eigenvalue weighted by Crippen LogP contribution is 2.18. The van der Waals surface area contributed by atoms with E-state index in [4.69, 9.17) is 11.6 Å². The van der Waals surface area contributed by atoms with E-state index < -0.39 is 5.82 Å². The Morgan fingerprint density at radius 2 is 2.18 bits per heavy atom. The first-order valence-electron chi connectivity index (χ1n) is 5.36. The highest BCUT2D eigenvalue weighted by Gasteiger charge is 2.11. The number of hydrogen-bond donors (Lipinski definition) is 1. The molecule has 1 aromatic rings. The summed E-state index contributed by atoms with van der Waals surface area (Å²) in [5.41, 5.74) is 0.539. The van der Waals surface area contributed by atoms with E-state index in [2.05, 4.69) is 5.32 Å². The second-order valence-electron chi connectivity index (χ2n) is 4.08. The number of carbonyl (C=O) groups is 1. The van der Waals surface area contributed by atoms with E-state index in [1.807, 2.05) is 13.8 Å². The van der Waals surface area contributed by atoms with Crippen LogP contribution in [0.3, 0.4) is 0 Å². The molecule has 0 spiro atoms. The van der Waals surface area contributed by atoms with Crippen LogP contribution < -0.4 is 5.32 Å². The Bertz CT molecular complexity index is 409. The Kier molecular flexibility index (Phi) is 4.75. The standard InChI is InChI=1S/C12H16ClFN2O/c1-8(2)16(3)12(17)7-15-9-4-5-10(13)11(14)6-9/h4-6,8,15H,7H2,1-3H3. The lowest BCUT2D eigenvalue weighted by molar-refractivity contribution is -0.129. The number of nitrogens with zero attached hydrogens (tertiary/aromatic N) is 1. The Morgan fingerprint density at radius 1 is 1.53 bits per heavy atom. The van der Waals surface area contributed by atoms with Crippen molar-refractivity contribution in [1.82, 2.24) is 4.90 Å². The van der Waals surface area contributed by atoms with Crippen LogP contribution in [0.1, 0.15) is 13.8 Å². The van der Waals surface area contributed by atoms with Crippen molar-refractivity contribution in [2.75, 3.05) is 18.9 Å². The third kappa shape index (κ3) is 3.89. The quantitative estimate of drug-likeness (QED) is 0.901. The van der Waals surface area contributed by atoms with Crippen molar-refractivity contribution in [3.63, 3.8) is 0 Å². The molecule has 0 fully saturated rings. The van der Waals surface area contributed by atoms with Gasteiger partial charge in [0.1, 0.15) is 5.82 Å². The van der Waals surface area contributed by atoms with Crippen molar-refractivity contribution < 1.29 is 9.18 Å². The summed E-state index contributed by atoms with van der Waals surface area (Å²) < 4.78 is 13.1. The topological polar surface area (TPSA) is 32.3 Å². The number of benzene rings is 1. The molecule has 0 aliphatic heterocycles. The molecule has 0 aliphatic rings. The van der Waals surface area contributed by atoms with Crippen molar-refractivity contribution in [3.8, 4) is 0 Å². The zero-order chi connectivity index (χ0) is 13.0. The molecule has 0 aliphatic carbocycles. The van der Waals surface area contributed by atoms with Crippen molar-refractivity contribution in [1.29, 1.82) is 0 Å². The minimum atomic E-state index is -0.499. The molecule has 1 N–H and O–H groups in total. The lowest BCUT2D eigenvalue weighted by Crippen LogP contribution is -2.37. The number of nitrogens with one attached hydrogen (secondary N) is 1. The summed E-state index contributed by atoms with van der Waals surface area (Å²) in [6, 6.07) is 4.50. The van der Waals surface area contributed by atoms with E-state index in [-0.39, 0.29) is 23.5 Å².